The fourth-order valence-electron chi connectivity index (χ4n) is 2.77. The molecule has 0 fully saturated rings. The molecule has 1 N–H and O–H groups in total. The first-order valence-corrected chi connectivity index (χ1v) is 8.25. The van der Waals surface area contributed by atoms with Crippen molar-refractivity contribution in [2.45, 2.75) is 18.7 Å². The van der Waals surface area contributed by atoms with Crippen LogP contribution in [0.15, 0.2) is 47.6 Å². The highest BCUT2D eigenvalue weighted by molar-refractivity contribution is 6.07. The number of nitrogens with zero attached hydrogens (tertiary/aromatic N) is 1. The second-order valence-corrected chi connectivity index (χ2v) is 5.93. The van der Waals surface area contributed by atoms with Crippen molar-refractivity contribution in [2.24, 2.45) is 5.16 Å². The first-order chi connectivity index (χ1) is 13.3. The molecule has 28 heavy (non-hydrogen) atoms. The van der Waals surface area contributed by atoms with Crippen LogP contribution < -0.4 is 14.8 Å². The summed E-state index contributed by atoms with van der Waals surface area (Å²) in [5, 5.41) is 6.17. The normalized spacial score (nSPS) is 16.2. The largest absolute Gasteiger partial charge is 0.497 e. The molecule has 0 saturated heterocycles. The zero-order valence-electron chi connectivity index (χ0n) is 15.0. The average Bonchev–Trinajstić information content (AvgIpc) is 3.17. The fourth-order valence-corrected chi connectivity index (χ4v) is 2.77. The topological polar surface area (TPSA) is 69.1 Å². The van der Waals surface area contributed by atoms with Gasteiger partial charge < -0.3 is 19.6 Å². The molecule has 1 aliphatic rings. The van der Waals surface area contributed by atoms with Gasteiger partial charge in [-0.3, -0.25) is 4.79 Å². The van der Waals surface area contributed by atoms with Gasteiger partial charge in [-0.15, -0.1) is 0 Å². The van der Waals surface area contributed by atoms with Crippen LogP contribution in [0.1, 0.15) is 17.5 Å². The molecule has 0 unspecified atom stereocenters. The first-order valence-electron chi connectivity index (χ1n) is 8.25. The van der Waals surface area contributed by atoms with E-state index in [2.05, 4.69) is 10.5 Å². The molecule has 0 aliphatic carbocycles. The van der Waals surface area contributed by atoms with E-state index in [4.69, 9.17) is 14.3 Å². The molecule has 1 heterocycles. The Labute approximate surface area is 158 Å². The molecule has 6 nitrogen and oxygen atoms in total. The molecule has 0 radical (unpaired) electrons. The molecular weight excluding hydrogens is 377 g/mol. The van der Waals surface area contributed by atoms with Crippen molar-refractivity contribution in [1.29, 1.82) is 0 Å². The Balaban J connectivity index is 1.75. The van der Waals surface area contributed by atoms with Crippen LogP contribution in [0, 0.1) is 0 Å². The van der Waals surface area contributed by atoms with Crippen molar-refractivity contribution < 1.29 is 32.3 Å². The third-order valence-corrected chi connectivity index (χ3v) is 4.17. The predicted octanol–water partition coefficient (Wildman–Crippen LogP) is 3.85. The number of methoxy groups -OCH3 is 2. The van der Waals surface area contributed by atoms with Crippen LogP contribution in [0.25, 0.3) is 0 Å². The third-order valence-electron chi connectivity index (χ3n) is 4.17. The van der Waals surface area contributed by atoms with Gasteiger partial charge in [0.2, 0.25) is 6.10 Å². The van der Waals surface area contributed by atoms with Gasteiger partial charge in [-0.2, -0.15) is 13.2 Å². The number of oxime groups is 1. The van der Waals surface area contributed by atoms with Crippen LogP contribution in [-0.2, 0) is 15.8 Å². The van der Waals surface area contributed by atoms with Gasteiger partial charge in [-0.25, -0.2) is 0 Å². The number of para-hydroxylation sites is 1. The summed E-state index contributed by atoms with van der Waals surface area (Å²) in [5.41, 5.74) is -0.263. The van der Waals surface area contributed by atoms with Gasteiger partial charge >= 0.3 is 6.18 Å². The van der Waals surface area contributed by atoms with Gasteiger partial charge in [-0.1, -0.05) is 17.3 Å². The van der Waals surface area contributed by atoms with E-state index in [-0.39, 0.29) is 12.1 Å². The summed E-state index contributed by atoms with van der Waals surface area (Å²) in [4.78, 5) is 17.6. The zero-order valence-corrected chi connectivity index (χ0v) is 15.0. The van der Waals surface area contributed by atoms with E-state index in [0.29, 0.717) is 22.8 Å². The number of benzene rings is 2. The van der Waals surface area contributed by atoms with Crippen LogP contribution in [-0.4, -0.2) is 31.9 Å². The maximum absolute atomic E-state index is 13.1. The maximum Gasteiger partial charge on any atom is 0.418 e. The highest BCUT2D eigenvalue weighted by Crippen LogP contribution is 2.35. The van der Waals surface area contributed by atoms with Crippen molar-refractivity contribution in [1.82, 2.24) is 0 Å². The Morgan fingerprint density at radius 3 is 2.61 bits per heavy atom. The molecule has 3 rings (SSSR count). The SMILES string of the molecule is COc1ccc(OC)c(C2=NO[C@H](C(=O)Nc3ccccc3C(F)(F)F)C2)c1. The summed E-state index contributed by atoms with van der Waals surface area (Å²) in [7, 11) is 2.99. The van der Waals surface area contributed by atoms with E-state index in [9.17, 15) is 18.0 Å². The van der Waals surface area contributed by atoms with Gasteiger partial charge in [0.15, 0.2) is 0 Å². The van der Waals surface area contributed by atoms with E-state index < -0.39 is 23.8 Å². The predicted molar refractivity (Wildman–Crippen MR) is 95.6 cm³/mol. The number of amides is 1. The summed E-state index contributed by atoms with van der Waals surface area (Å²) < 4.78 is 49.7. The number of rotatable bonds is 5. The number of carbonyl (C=O) groups is 1. The number of ether oxygens (including phenoxy) is 2. The highest BCUT2D eigenvalue weighted by Gasteiger charge is 2.35. The molecule has 9 heteroatoms. The number of hydrogen-bond donors (Lipinski definition) is 1. The molecule has 2 aromatic rings. The van der Waals surface area contributed by atoms with Crippen LogP contribution in [0.2, 0.25) is 0 Å². The maximum atomic E-state index is 13.1. The molecule has 1 atom stereocenters. The Morgan fingerprint density at radius 1 is 1.18 bits per heavy atom. The number of hydrogen-bond acceptors (Lipinski definition) is 5. The molecule has 1 amide bonds. The van der Waals surface area contributed by atoms with Gasteiger partial charge in [0.25, 0.3) is 5.91 Å². The van der Waals surface area contributed by atoms with Crippen LogP contribution in [0.5, 0.6) is 11.5 Å². The van der Waals surface area contributed by atoms with Gasteiger partial charge in [0.05, 0.1) is 31.2 Å². The molecule has 1 aliphatic heterocycles. The minimum Gasteiger partial charge on any atom is -0.497 e. The van der Waals surface area contributed by atoms with Crippen molar-refractivity contribution in [2.75, 3.05) is 19.5 Å². The molecule has 2 aromatic carbocycles. The fraction of sp³-hybridized carbons (Fsp3) is 0.263. The van der Waals surface area contributed by atoms with E-state index in [0.717, 1.165) is 6.07 Å². The standard InChI is InChI=1S/C19H17F3N2O4/c1-26-11-7-8-16(27-2)12(9-11)15-10-17(28-24-15)18(25)23-14-6-4-3-5-13(14)19(20,21)22/h3-9,17H,10H2,1-2H3,(H,23,25)/t17-/m0/s1. The van der Waals surface area contributed by atoms with E-state index >= 15 is 0 Å². The first kappa shape index (κ1) is 19.5. The Hall–Kier alpha value is -3.23. The Bertz CT molecular complexity index is 912. The molecule has 148 valence electrons. The minimum absolute atomic E-state index is 0.0730. The van der Waals surface area contributed by atoms with Gasteiger partial charge in [0.1, 0.15) is 11.5 Å². The average molecular weight is 394 g/mol. The number of nitrogens with one attached hydrogen (secondary N) is 1. The smallest absolute Gasteiger partial charge is 0.418 e. The molecule has 0 aromatic heterocycles. The van der Waals surface area contributed by atoms with Gasteiger partial charge in [0, 0.05) is 12.0 Å². The van der Waals surface area contributed by atoms with E-state index in [1.807, 2.05) is 0 Å². The van der Waals surface area contributed by atoms with E-state index in [1.54, 1.807) is 18.2 Å². The lowest BCUT2D eigenvalue weighted by Crippen LogP contribution is -2.29. The third kappa shape index (κ3) is 4.03. The number of halogens is 3. The highest BCUT2D eigenvalue weighted by atomic mass is 19.4. The monoisotopic (exact) mass is 394 g/mol. The lowest BCUT2D eigenvalue weighted by Gasteiger charge is -2.15. The molecule has 0 bridgehead atoms. The van der Waals surface area contributed by atoms with Crippen molar-refractivity contribution >= 4 is 17.3 Å². The lowest BCUT2D eigenvalue weighted by molar-refractivity contribution is -0.137. The lowest BCUT2D eigenvalue weighted by atomic mass is 10.0. The van der Waals surface area contributed by atoms with E-state index in [1.165, 1.54) is 32.4 Å². The minimum atomic E-state index is -4.59. The summed E-state index contributed by atoms with van der Waals surface area (Å²) in [6.45, 7) is 0. The number of carbonyl (C=O) groups excluding carboxylic acids is 1. The molecule has 0 saturated carbocycles. The van der Waals surface area contributed by atoms with Crippen LogP contribution in [0.3, 0.4) is 0 Å². The summed E-state index contributed by atoms with van der Waals surface area (Å²) >= 11 is 0. The summed E-state index contributed by atoms with van der Waals surface area (Å²) in [5.74, 6) is 0.342. The van der Waals surface area contributed by atoms with Crippen LogP contribution >= 0.6 is 0 Å². The second-order valence-electron chi connectivity index (χ2n) is 5.93. The number of anilines is 1. The Morgan fingerprint density at radius 2 is 1.93 bits per heavy atom. The number of alkyl halides is 3. The van der Waals surface area contributed by atoms with Crippen molar-refractivity contribution in [3.8, 4) is 11.5 Å². The zero-order chi connectivity index (χ0) is 20.3. The van der Waals surface area contributed by atoms with Crippen molar-refractivity contribution in [3.63, 3.8) is 0 Å². The second kappa shape index (κ2) is 7.79. The molecule has 0 spiro atoms. The van der Waals surface area contributed by atoms with Crippen LogP contribution in [0.4, 0.5) is 18.9 Å². The Kier molecular flexibility index (Phi) is 5.43. The molecular formula is C19H17F3N2O4. The van der Waals surface area contributed by atoms with Gasteiger partial charge in [-0.05, 0) is 30.3 Å². The summed E-state index contributed by atoms with van der Waals surface area (Å²) in [6.07, 6.45) is -5.58. The quantitative estimate of drug-likeness (QED) is 0.836. The summed E-state index contributed by atoms with van der Waals surface area (Å²) in [6, 6.07) is 9.81. The van der Waals surface area contributed by atoms with Crippen molar-refractivity contribution in [3.05, 3.63) is 53.6 Å².